The van der Waals surface area contributed by atoms with Crippen molar-refractivity contribution in [3.8, 4) is 0 Å². The molecule has 0 radical (unpaired) electrons. The number of aryl methyl sites for hydroxylation is 1. The number of hydrogen-bond donors (Lipinski definition) is 2. The molecule has 0 aliphatic rings. The number of benzene rings is 2. The molecule has 0 atom stereocenters. The van der Waals surface area contributed by atoms with E-state index in [1.165, 1.54) is 7.11 Å². The fourth-order valence-electron chi connectivity index (χ4n) is 1.99. The van der Waals surface area contributed by atoms with Crippen LogP contribution in [0.25, 0.3) is 0 Å². The highest BCUT2D eigenvalue weighted by Crippen LogP contribution is 2.21. The second-order valence-electron chi connectivity index (χ2n) is 4.90. The molecule has 0 fully saturated rings. The van der Waals surface area contributed by atoms with Gasteiger partial charge in [0.25, 0.3) is 0 Å². The topological polar surface area (TPSA) is 67.4 Å². The lowest BCUT2D eigenvalue weighted by molar-refractivity contribution is -0.114. The molecule has 0 unspecified atom stereocenters. The predicted molar refractivity (Wildman–Crippen MR) is 91.1 cm³/mol. The molecule has 0 aliphatic heterocycles. The van der Waals surface area contributed by atoms with E-state index in [0.29, 0.717) is 22.0 Å². The van der Waals surface area contributed by atoms with Crippen molar-refractivity contribution in [1.82, 2.24) is 0 Å². The van der Waals surface area contributed by atoms with Gasteiger partial charge in [0.15, 0.2) is 0 Å². The van der Waals surface area contributed by atoms with Gasteiger partial charge >= 0.3 is 5.97 Å². The van der Waals surface area contributed by atoms with Crippen molar-refractivity contribution in [3.05, 3.63) is 58.6 Å². The molecular formula is C17H17ClN2O3. The van der Waals surface area contributed by atoms with Crippen LogP contribution in [0.2, 0.25) is 5.02 Å². The zero-order chi connectivity index (χ0) is 16.8. The zero-order valence-corrected chi connectivity index (χ0v) is 13.6. The van der Waals surface area contributed by atoms with Gasteiger partial charge in [-0.15, -0.1) is 0 Å². The molecule has 0 saturated carbocycles. The number of nitrogens with one attached hydrogen (secondary N) is 2. The van der Waals surface area contributed by atoms with Crippen molar-refractivity contribution in [2.75, 3.05) is 24.3 Å². The van der Waals surface area contributed by atoms with Gasteiger partial charge in [0.2, 0.25) is 5.91 Å². The number of esters is 1. The number of anilines is 2. The van der Waals surface area contributed by atoms with Crippen LogP contribution < -0.4 is 10.6 Å². The zero-order valence-electron chi connectivity index (χ0n) is 12.9. The number of hydrogen-bond acceptors (Lipinski definition) is 4. The quantitative estimate of drug-likeness (QED) is 0.822. The van der Waals surface area contributed by atoms with E-state index in [-0.39, 0.29) is 12.5 Å². The molecule has 2 rings (SSSR count). The molecule has 0 aromatic heterocycles. The SMILES string of the molecule is COC(=O)c1ccc(C)c(NCC(=O)Nc2ccccc2Cl)c1. The molecule has 0 heterocycles. The molecule has 1 amide bonds. The Morgan fingerprint density at radius 1 is 1.13 bits per heavy atom. The van der Waals surface area contributed by atoms with E-state index in [9.17, 15) is 9.59 Å². The van der Waals surface area contributed by atoms with Crippen molar-refractivity contribution >= 4 is 34.9 Å². The number of rotatable bonds is 5. The third kappa shape index (κ3) is 4.47. The summed E-state index contributed by atoms with van der Waals surface area (Å²) in [6.07, 6.45) is 0. The van der Waals surface area contributed by atoms with Crippen LogP contribution in [0.5, 0.6) is 0 Å². The average Bonchev–Trinajstić information content (AvgIpc) is 2.55. The van der Waals surface area contributed by atoms with Crippen LogP contribution in [0.4, 0.5) is 11.4 Å². The van der Waals surface area contributed by atoms with Gasteiger partial charge in [0.1, 0.15) is 0 Å². The van der Waals surface area contributed by atoms with Crippen molar-refractivity contribution in [1.29, 1.82) is 0 Å². The molecule has 2 N–H and O–H groups in total. The first-order chi connectivity index (χ1) is 11.0. The van der Waals surface area contributed by atoms with Crippen LogP contribution in [0, 0.1) is 6.92 Å². The van der Waals surface area contributed by atoms with Gasteiger partial charge in [-0.05, 0) is 36.8 Å². The Hall–Kier alpha value is -2.53. The molecule has 120 valence electrons. The standard InChI is InChI=1S/C17H17ClN2O3/c1-11-7-8-12(17(22)23-2)9-15(11)19-10-16(21)20-14-6-4-3-5-13(14)18/h3-9,19H,10H2,1-2H3,(H,20,21). The highest BCUT2D eigenvalue weighted by atomic mass is 35.5. The summed E-state index contributed by atoms with van der Waals surface area (Å²) in [6.45, 7) is 1.94. The van der Waals surface area contributed by atoms with E-state index >= 15 is 0 Å². The lowest BCUT2D eigenvalue weighted by Crippen LogP contribution is -2.22. The van der Waals surface area contributed by atoms with Crippen molar-refractivity contribution in [3.63, 3.8) is 0 Å². The Bertz CT molecular complexity index is 732. The Balaban J connectivity index is 2.01. The molecule has 6 heteroatoms. The molecule has 0 spiro atoms. The van der Waals surface area contributed by atoms with E-state index in [2.05, 4.69) is 15.4 Å². The van der Waals surface area contributed by atoms with Crippen molar-refractivity contribution in [2.24, 2.45) is 0 Å². The highest BCUT2D eigenvalue weighted by Gasteiger charge is 2.10. The number of carbonyl (C=O) groups excluding carboxylic acids is 2. The fraction of sp³-hybridized carbons (Fsp3) is 0.176. The molecule has 0 saturated heterocycles. The number of ether oxygens (including phenoxy) is 1. The minimum absolute atomic E-state index is 0.0523. The van der Waals surface area contributed by atoms with Crippen molar-refractivity contribution in [2.45, 2.75) is 6.92 Å². The second-order valence-corrected chi connectivity index (χ2v) is 5.31. The third-order valence-electron chi connectivity index (χ3n) is 3.25. The Kier molecular flexibility index (Phi) is 5.60. The Morgan fingerprint density at radius 3 is 2.57 bits per heavy atom. The maximum absolute atomic E-state index is 12.0. The lowest BCUT2D eigenvalue weighted by Gasteiger charge is -2.12. The van der Waals surface area contributed by atoms with Gasteiger partial charge in [-0.2, -0.15) is 0 Å². The first-order valence-electron chi connectivity index (χ1n) is 6.98. The largest absolute Gasteiger partial charge is 0.465 e. The summed E-state index contributed by atoms with van der Waals surface area (Å²) >= 11 is 6.00. The molecular weight excluding hydrogens is 316 g/mol. The first kappa shape index (κ1) is 16.8. The van der Waals surface area contributed by atoms with Gasteiger partial charge < -0.3 is 15.4 Å². The first-order valence-corrected chi connectivity index (χ1v) is 7.36. The smallest absolute Gasteiger partial charge is 0.337 e. The van der Waals surface area contributed by atoms with E-state index in [4.69, 9.17) is 11.6 Å². The van der Waals surface area contributed by atoms with Crippen LogP contribution >= 0.6 is 11.6 Å². The minimum atomic E-state index is -0.423. The highest BCUT2D eigenvalue weighted by molar-refractivity contribution is 6.33. The van der Waals surface area contributed by atoms with Gasteiger partial charge in [-0.25, -0.2) is 4.79 Å². The summed E-state index contributed by atoms with van der Waals surface area (Å²) in [5, 5.41) is 6.21. The van der Waals surface area contributed by atoms with Crippen LogP contribution in [-0.2, 0) is 9.53 Å². The number of amides is 1. The van der Waals surface area contributed by atoms with Gasteiger partial charge in [0.05, 0.1) is 29.9 Å². The summed E-state index contributed by atoms with van der Waals surface area (Å²) in [5.74, 6) is -0.658. The van der Waals surface area contributed by atoms with Crippen LogP contribution in [-0.4, -0.2) is 25.5 Å². The maximum Gasteiger partial charge on any atom is 0.337 e. The molecule has 5 nitrogen and oxygen atoms in total. The molecule has 2 aromatic carbocycles. The van der Waals surface area contributed by atoms with Gasteiger partial charge in [-0.3, -0.25) is 4.79 Å². The van der Waals surface area contributed by atoms with Crippen LogP contribution in [0.3, 0.4) is 0 Å². The van der Waals surface area contributed by atoms with E-state index in [1.807, 2.05) is 6.92 Å². The monoisotopic (exact) mass is 332 g/mol. The van der Waals surface area contributed by atoms with E-state index < -0.39 is 5.97 Å². The normalized spacial score (nSPS) is 10.0. The van der Waals surface area contributed by atoms with Crippen LogP contribution in [0.1, 0.15) is 15.9 Å². The second kappa shape index (κ2) is 7.65. The number of halogens is 1. The van der Waals surface area contributed by atoms with E-state index in [1.54, 1.807) is 42.5 Å². The average molecular weight is 333 g/mol. The molecule has 23 heavy (non-hydrogen) atoms. The predicted octanol–water partition coefficient (Wildman–Crippen LogP) is 3.49. The summed E-state index contributed by atoms with van der Waals surface area (Å²) in [7, 11) is 1.33. The Labute approximate surface area is 139 Å². The number of methoxy groups -OCH3 is 1. The Morgan fingerprint density at radius 2 is 1.87 bits per heavy atom. The molecule has 0 aliphatic carbocycles. The maximum atomic E-state index is 12.0. The lowest BCUT2D eigenvalue weighted by atomic mass is 10.1. The van der Waals surface area contributed by atoms with Crippen LogP contribution in [0.15, 0.2) is 42.5 Å². The molecule has 0 bridgehead atoms. The summed E-state index contributed by atoms with van der Waals surface area (Å²) < 4.78 is 4.69. The summed E-state index contributed by atoms with van der Waals surface area (Å²) in [5.41, 5.74) is 2.60. The third-order valence-corrected chi connectivity index (χ3v) is 3.58. The summed E-state index contributed by atoms with van der Waals surface area (Å²) in [4.78, 5) is 23.6. The minimum Gasteiger partial charge on any atom is -0.465 e. The molecule has 2 aromatic rings. The fourth-order valence-corrected chi connectivity index (χ4v) is 2.17. The van der Waals surface area contributed by atoms with E-state index in [0.717, 1.165) is 5.56 Å². The van der Waals surface area contributed by atoms with Crippen molar-refractivity contribution < 1.29 is 14.3 Å². The van der Waals surface area contributed by atoms with Gasteiger partial charge in [-0.1, -0.05) is 29.8 Å². The van der Waals surface area contributed by atoms with Gasteiger partial charge in [0, 0.05) is 5.69 Å². The number of para-hydroxylation sites is 1. The number of carbonyl (C=O) groups is 2. The summed E-state index contributed by atoms with van der Waals surface area (Å²) in [6, 6.07) is 12.1.